The van der Waals surface area contributed by atoms with Gasteiger partial charge in [0.1, 0.15) is 11.9 Å². The van der Waals surface area contributed by atoms with Crippen LogP contribution in [0.15, 0.2) is 47.1 Å². The van der Waals surface area contributed by atoms with Crippen LogP contribution in [0.5, 0.6) is 0 Å². The van der Waals surface area contributed by atoms with Crippen LogP contribution >= 0.6 is 0 Å². The standard InChI is InChI=1S/C20H25NO3/c1-19(2,3)14-6-8-15(9-7-14)20(10-11-20)18(23)21-13-16(22)17-5-4-12-24-17/h4-9,12,16,22H,10-11,13H2,1-3H3,(H,21,23). The molecule has 1 unspecified atom stereocenters. The summed E-state index contributed by atoms with van der Waals surface area (Å²) in [5, 5.41) is 12.9. The van der Waals surface area contributed by atoms with Crippen LogP contribution in [0.4, 0.5) is 0 Å². The zero-order valence-electron chi connectivity index (χ0n) is 14.5. The van der Waals surface area contributed by atoms with Gasteiger partial charge in [0.15, 0.2) is 0 Å². The number of furan rings is 1. The lowest BCUT2D eigenvalue weighted by molar-refractivity contribution is -0.124. The van der Waals surface area contributed by atoms with Gasteiger partial charge in [0.25, 0.3) is 0 Å². The van der Waals surface area contributed by atoms with Gasteiger partial charge in [-0.25, -0.2) is 0 Å². The van der Waals surface area contributed by atoms with Gasteiger partial charge in [0, 0.05) is 0 Å². The molecular formula is C20H25NO3. The highest BCUT2D eigenvalue weighted by molar-refractivity contribution is 5.91. The fourth-order valence-electron chi connectivity index (χ4n) is 3.00. The lowest BCUT2D eigenvalue weighted by atomic mass is 9.85. The normalized spacial score (nSPS) is 17.3. The molecule has 3 rings (SSSR count). The molecule has 2 N–H and O–H groups in total. The number of amides is 1. The second kappa shape index (κ2) is 6.10. The Morgan fingerprint density at radius 1 is 1.25 bits per heavy atom. The Hall–Kier alpha value is -2.07. The van der Waals surface area contributed by atoms with Crippen LogP contribution in [0, 0.1) is 0 Å². The fourth-order valence-corrected chi connectivity index (χ4v) is 3.00. The number of aliphatic hydroxyl groups is 1. The van der Waals surface area contributed by atoms with E-state index in [-0.39, 0.29) is 17.9 Å². The minimum Gasteiger partial charge on any atom is -0.467 e. The number of hydrogen-bond acceptors (Lipinski definition) is 3. The molecule has 1 aliphatic carbocycles. The van der Waals surface area contributed by atoms with Crippen molar-refractivity contribution < 1.29 is 14.3 Å². The van der Waals surface area contributed by atoms with Crippen molar-refractivity contribution in [1.29, 1.82) is 0 Å². The molecule has 1 aliphatic rings. The number of aliphatic hydroxyl groups excluding tert-OH is 1. The summed E-state index contributed by atoms with van der Waals surface area (Å²) in [5.41, 5.74) is 1.99. The zero-order chi connectivity index (χ0) is 17.4. The lowest BCUT2D eigenvalue weighted by Gasteiger charge is -2.21. The first kappa shape index (κ1) is 16.8. The van der Waals surface area contributed by atoms with Crippen molar-refractivity contribution in [3.63, 3.8) is 0 Å². The summed E-state index contributed by atoms with van der Waals surface area (Å²) in [5.74, 6) is 0.450. The summed E-state index contributed by atoms with van der Waals surface area (Å²) in [6.45, 7) is 6.70. The molecule has 128 valence electrons. The predicted molar refractivity (Wildman–Crippen MR) is 92.7 cm³/mol. The molecule has 0 radical (unpaired) electrons. The SMILES string of the molecule is CC(C)(C)c1ccc(C2(C(=O)NCC(O)c3ccco3)CC2)cc1. The molecule has 0 spiro atoms. The van der Waals surface area contributed by atoms with Crippen molar-refractivity contribution in [2.45, 2.75) is 50.5 Å². The van der Waals surface area contributed by atoms with Crippen LogP contribution in [0.2, 0.25) is 0 Å². The highest BCUT2D eigenvalue weighted by Crippen LogP contribution is 2.48. The Bertz CT molecular complexity index is 691. The van der Waals surface area contributed by atoms with Gasteiger partial charge >= 0.3 is 0 Å². The number of benzene rings is 1. The number of rotatable bonds is 5. The summed E-state index contributed by atoms with van der Waals surface area (Å²) in [6, 6.07) is 11.8. The molecule has 0 saturated heterocycles. The van der Waals surface area contributed by atoms with Crippen LogP contribution in [-0.4, -0.2) is 17.6 Å². The van der Waals surface area contributed by atoms with Crippen LogP contribution in [0.1, 0.15) is 56.6 Å². The zero-order valence-corrected chi connectivity index (χ0v) is 14.5. The summed E-state index contributed by atoms with van der Waals surface area (Å²) in [4.78, 5) is 12.6. The first-order valence-corrected chi connectivity index (χ1v) is 8.44. The van der Waals surface area contributed by atoms with E-state index in [2.05, 4.69) is 50.4 Å². The topological polar surface area (TPSA) is 62.5 Å². The maximum atomic E-state index is 12.6. The van der Waals surface area contributed by atoms with E-state index >= 15 is 0 Å². The van der Waals surface area contributed by atoms with Gasteiger partial charge in [-0.2, -0.15) is 0 Å². The molecule has 1 atom stereocenters. The Morgan fingerprint density at radius 2 is 1.92 bits per heavy atom. The molecule has 0 bridgehead atoms. The van der Waals surface area contributed by atoms with Gasteiger partial charge in [-0.15, -0.1) is 0 Å². The molecule has 1 heterocycles. The molecular weight excluding hydrogens is 302 g/mol. The average molecular weight is 327 g/mol. The number of nitrogens with one attached hydrogen (secondary N) is 1. The molecule has 1 aromatic carbocycles. The van der Waals surface area contributed by atoms with E-state index in [0.29, 0.717) is 5.76 Å². The van der Waals surface area contributed by atoms with E-state index < -0.39 is 11.5 Å². The molecule has 1 saturated carbocycles. The third kappa shape index (κ3) is 3.24. The Kier molecular flexibility index (Phi) is 4.26. The van der Waals surface area contributed by atoms with Crippen molar-refractivity contribution in [2.75, 3.05) is 6.54 Å². The molecule has 0 aliphatic heterocycles. The van der Waals surface area contributed by atoms with Gasteiger partial charge in [0.2, 0.25) is 5.91 Å². The van der Waals surface area contributed by atoms with Gasteiger partial charge in [-0.05, 0) is 41.5 Å². The van der Waals surface area contributed by atoms with Crippen molar-refractivity contribution in [1.82, 2.24) is 5.32 Å². The van der Waals surface area contributed by atoms with E-state index in [1.54, 1.807) is 12.1 Å². The predicted octanol–water partition coefficient (Wildman–Crippen LogP) is 3.46. The van der Waals surface area contributed by atoms with E-state index in [0.717, 1.165) is 18.4 Å². The largest absolute Gasteiger partial charge is 0.467 e. The Labute approximate surface area is 142 Å². The number of carbonyl (C=O) groups excluding carboxylic acids is 1. The quantitative estimate of drug-likeness (QED) is 0.884. The lowest BCUT2D eigenvalue weighted by Crippen LogP contribution is -2.37. The summed E-state index contributed by atoms with van der Waals surface area (Å²) in [7, 11) is 0. The molecule has 24 heavy (non-hydrogen) atoms. The van der Waals surface area contributed by atoms with E-state index in [4.69, 9.17) is 4.42 Å². The van der Waals surface area contributed by atoms with Crippen molar-refractivity contribution >= 4 is 5.91 Å². The van der Waals surface area contributed by atoms with E-state index in [1.807, 2.05) is 0 Å². The van der Waals surface area contributed by atoms with Crippen molar-refractivity contribution in [3.8, 4) is 0 Å². The van der Waals surface area contributed by atoms with Gasteiger partial charge < -0.3 is 14.8 Å². The third-order valence-electron chi connectivity index (χ3n) is 4.82. The minimum atomic E-state index is -0.817. The van der Waals surface area contributed by atoms with Crippen molar-refractivity contribution in [2.24, 2.45) is 0 Å². The Balaban J connectivity index is 1.66. The summed E-state index contributed by atoms with van der Waals surface area (Å²) >= 11 is 0. The minimum absolute atomic E-state index is 0.0170. The molecule has 1 amide bonds. The molecule has 1 aromatic heterocycles. The van der Waals surface area contributed by atoms with Crippen LogP contribution < -0.4 is 5.32 Å². The first-order chi connectivity index (χ1) is 11.3. The molecule has 1 fully saturated rings. The number of carbonyl (C=O) groups is 1. The van der Waals surface area contributed by atoms with Crippen molar-refractivity contribution in [3.05, 3.63) is 59.5 Å². The maximum Gasteiger partial charge on any atom is 0.230 e. The second-order valence-electron chi connectivity index (χ2n) is 7.65. The number of hydrogen-bond donors (Lipinski definition) is 2. The summed E-state index contributed by atoms with van der Waals surface area (Å²) in [6.07, 6.45) is 2.40. The smallest absolute Gasteiger partial charge is 0.230 e. The highest BCUT2D eigenvalue weighted by atomic mass is 16.4. The van der Waals surface area contributed by atoms with Gasteiger partial charge in [0.05, 0.1) is 18.2 Å². The highest BCUT2D eigenvalue weighted by Gasteiger charge is 2.51. The van der Waals surface area contributed by atoms with E-state index in [1.165, 1.54) is 11.8 Å². The Morgan fingerprint density at radius 3 is 2.42 bits per heavy atom. The van der Waals surface area contributed by atoms with Gasteiger partial charge in [-0.3, -0.25) is 4.79 Å². The molecule has 4 heteroatoms. The molecule has 4 nitrogen and oxygen atoms in total. The second-order valence-corrected chi connectivity index (χ2v) is 7.65. The first-order valence-electron chi connectivity index (χ1n) is 8.44. The summed E-state index contributed by atoms with van der Waals surface area (Å²) < 4.78 is 5.16. The fraction of sp³-hybridized carbons (Fsp3) is 0.450. The monoisotopic (exact) mass is 327 g/mol. The van der Waals surface area contributed by atoms with E-state index in [9.17, 15) is 9.90 Å². The maximum absolute atomic E-state index is 12.6. The average Bonchev–Trinajstić information content (AvgIpc) is 3.18. The van der Waals surface area contributed by atoms with Crippen LogP contribution in [0.25, 0.3) is 0 Å². The third-order valence-corrected chi connectivity index (χ3v) is 4.82. The van der Waals surface area contributed by atoms with Crippen LogP contribution in [-0.2, 0) is 15.6 Å². The molecule has 2 aromatic rings. The van der Waals surface area contributed by atoms with Crippen LogP contribution in [0.3, 0.4) is 0 Å². The van der Waals surface area contributed by atoms with Gasteiger partial charge in [-0.1, -0.05) is 45.0 Å².